The average Bonchev–Trinajstić information content (AvgIpc) is 2.33. The fourth-order valence-corrected chi connectivity index (χ4v) is 2.63. The Morgan fingerprint density at radius 3 is 2.50 bits per heavy atom. The second-order valence-corrected chi connectivity index (χ2v) is 5.35. The van der Waals surface area contributed by atoms with Crippen molar-refractivity contribution in [3.8, 4) is 0 Å². The molecule has 1 N–H and O–H groups in total. The van der Waals surface area contributed by atoms with Gasteiger partial charge in [0.15, 0.2) is 0 Å². The van der Waals surface area contributed by atoms with Crippen molar-refractivity contribution in [2.45, 2.75) is 45.5 Å². The first-order valence-electron chi connectivity index (χ1n) is 6.68. The maximum Gasteiger partial charge on any atom is 0.123 e. The fraction of sp³-hybridized carbons (Fsp3) is 0.600. The molecule has 0 spiro atoms. The lowest BCUT2D eigenvalue weighted by Crippen LogP contribution is -2.28. The van der Waals surface area contributed by atoms with Gasteiger partial charge < -0.3 is 5.32 Å². The lowest BCUT2D eigenvalue weighted by atomic mass is 9.99. The molecular formula is C15H23ClFN. The highest BCUT2D eigenvalue weighted by Crippen LogP contribution is 2.18. The summed E-state index contributed by atoms with van der Waals surface area (Å²) in [5.74, 6) is 0.386. The van der Waals surface area contributed by atoms with Crippen molar-refractivity contribution in [1.82, 2.24) is 5.32 Å². The molecule has 0 saturated heterocycles. The van der Waals surface area contributed by atoms with Crippen molar-refractivity contribution < 1.29 is 4.39 Å². The number of hydrogen-bond acceptors (Lipinski definition) is 1. The summed E-state index contributed by atoms with van der Waals surface area (Å²) in [4.78, 5) is 0. The van der Waals surface area contributed by atoms with Gasteiger partial charge >= 0.3 is 0 Å². The Balaban J connectivity index is 2.41. The highest BCUT2D eigenvalue weighted by molar-refractivity contribution is 6.21. The van der Waals surface area contributed by atoms with E-state index in [0.717, 1.165) is 37.1 Å². The lowest BCUT2D eigenvalue weighted by Gasteiger charge is -2.19. The molecule has 3 heteroatoms. The maximum atomic E-state index is 13.0. The molecule has 1 rings (SSSR count). The van der Waals surface area contributed by atoms with Crippen LogP contribution in [0.25, 0.3) is 0 Å². The predicted octanol–water partition coefficient (Wildman–Crippen LogP) is 4.27. The predicted molar refractivity (Wildman–Crippen MR) is 76.6 cm³/mol. The normalized spacial score (nSPS) is 13.0. The van der Waals surface area contributed by atoms with Crippen LogP contribution in [0.1, 0.15) is 37.8 Å². The molecule has 0 aliphatic rings. The van der Waals surface area contributed by atoms with E-state index >= 15 is 0 Å². The van der Waals surface area contributed by atoms with Crippen LogP contribution in [0, 0.1) is 18.7 Å². The smallest absolute Gasteiger partial charge is 0.123 e. The summed E-state index contributed by atoms with van der Waals surface area (Å²) in [6.07, 6.45) is 2.23. The molecule has 0 aliphatic heterocycles. The van der Waals surface area contributed by atoms with Crippen molar-refractivity contribution in [2.75, 3.05) is 6.54 Å². The lowest BCUT2D eigenvalue weighted by molar-refractivity contribution is 0.446. The van der Waals surface area contributed by atoms with Crippen LogP contribution in [0.4, 0.5) is 4.39 Å². The number of benzene rings is 1. The van der Waals surface area contributed by atoms with Crippen LogP contribution >= 0.6 is 11.6 Å². The largest absolute Gasteiger partial charge is 0.311 e. The van der Waals surface area contributed by atoms with Gasteiger partial charge in [-0.25, -0.2) is 4.39 Å². The number of nitrogens with one attached hydrogen (secondary N) is 1. The molecule has 1 nitrogen and oxygen atoms in total. The van der Waals surface area contributed by atoms with E-state index in [-0.39, 0.29) is 11.2 Å². The molecule has 0 heterocycles. The fourth-order valence-electron chi connectivity index (χ4n) is 2.17. The first-order valence-corrected chi connectivity index (χ1v) is 7.11. The third kappa shape index (κ3) is 4.58. The molecule has 0 aromatic heterocycles. The van der Waals surface area contributed by atoms with Crippen LogP contribution in [0.5, 0.6) is 0 Å². The molecule has 18 heavy (non-hydrogen) atoms. The van der Waals surface area contributed by atoms with E-state index in [0.29, 0.717) is 5.92 Å². The minimum atomic E-state index is -0.177. The van der Waals surface area contributed by atoms with Gasteiger partial charge in [-0.15, -0.1) is 11.6 Å². The van der Waals surface area contributed by atoms with Gasteiger partial charge in [-0.05, 0) is 36.1 Å². The highest BCUT2D eigenvalue weighted by Gasteiger charge is 2.14. The summed E-state index contributed by atoms with van der Waals surface area (Å²) in [6, 6.07) is 4.90. The van der Waals surface area contributed by atoms with Gasteiger partial charge in [0, 0.05) is 18.5 Å². The Labute approximate surface area is 115 Å². The minimum Gasteiger partial charge on any atom is -0.311 e. The number of rotatable bonds is 7. The van der Waals surface area contributed by atoms with E-state index in [4.69, 9.17) is 11.6 Å². The van der Waals surface area contributed by atoms with Gasteiger partial charge in [-0.1, -0.05) is 32.8 Å². The quantitative estimate of drug-likeness (QED) is 0.731. The second-order valence-electron chi connectivity index (χ2n) is 4.79. The standard InChI is InChI=1S/C15H23ClFN/c1-4-12(5-2)15(16)10-18-9-13-6-7-14(17)8-11(13)3/h6-8,12,15,18H,4-5,9-10H2,1-3H3. The summed E-state index contributed by atoms with van der Waals surface area (Å²) in [6.45, 7) is 7.82. The zero-order valence-corrected chi connectivity index (χ0v) is 12.2. The van der Waals surface area contributed by atoms with Gasteiger partial charge in [0.1, 0.15) is 5.82 Å². The molecule has 0 amide bonds. The molecular weight excluding hydrogens is 249 g/mol. The van der Waals surface area contributed by atoms with E-state index in [2.05, 4.69) is 19.2 Å². The molecule has 0 aliphatic carbocycles. The van der Waals surface area contributed by atoms with Crippen LogP contribution in [-0.4, -0.2) is 11.9 Å². The van der Waals surface area contributed by atoms with Gasteiger partial charge in [-0.2, -0.15) is 0 Å². The Bertz CT molecular complexity index is 364. The van der Waals surface area contributed by atoms with Crippen molar-refractivity contribution in [1.29, 1.82) is 0 Å². The number of hydrogen-bond donors (Lipinski definition) is 1. The first-order chi connectivity index (χ1) is 8.58. The molecule has 102 valence electrons. The van der Waals surface area contributed by atoms with Crippen LogP contribution in [0.2, 0.25) is 0 Å². The van der Waals surface area contributed by atoms with Crippen LogP contribution in [0.15, 0.2) is 18.2 Å². The van der Waals surface area contributed by atoms with Crippen molar-refractivity contribution in [3.05, 3.63) is 35.1 Å². The van der Waals surface area contributed by atoms with E-state index in [1.807, 2.05) is 13.0 Å². The zero-order chi connectivity index (χ0) is 13.5. The molecule has 1 atom stereocenters. The third-order valence-electron chi connectivity index (χ3n) is 3.52. The molecule has 0 fully saturated rings. The summed E-state index contributed by atoms with van der Waals surface area (Å²) in [5.41, 5.74) is 2.11. The minimum absolute atomic E-state index is 0.167. The van der Waals surface area contributed by atoms with Crippen LogP contribution < -0.4 is 5.32 Å². The summed E-state index contributed by atoms with van der Waals surface area (Å²) in [5, 5.41) is 3.52. The summed E-state index contributed by atoms with van der Waals surface area (Å²) in [7, 11) is 0. The van der Waals surface area contributed by atoms with Crippen molar-refractivity contribution in [2.24, 2.45) is 5.92 Å². The maximum absolute atomic E-state index is 13.0. The number of alkyl halides is 1. The monoisotopic (exact) mass is 271 g/mol. The van der Waals surface area contributed by atoms with Crippen molar-refractivity contribution in [3.63, 3.8) is 0 Å². The van der Waals surface area contributed by atoms with E-state index in [1.165, 1.54) is 6.07 Å². The first kappa shape index (κ1) is 15.5. The molecule has 1 aromatic carbocycles. The van der Waals surface area contributed by atoms with Crippen LogP contribution in [-0.2, 0) is 6.54 Å². The van der Waals surface area contributed by atoms with E-state index in [1.54, 1.807) is 6.07 Å². The third-order valence-corrected chi connectivity index (χ3v) is 4.03. The highest BCUT2D eigenvalue weighted by atomic mass is 35.5. The molecule has 1 aromatic rings. The Kier molecular flexibility index (Phi) is 6.66. The van der Waals surface area contributed by atoms with Gasteiger partial charge in [0.25, 0.3) is 0 Å². The number of halogens is 2. The van der Waals surface area contributed by atoms with Gasteiger partial charge in [-0.3, -0.25) is 0 Å². The van der Waals surface area contributed by atoms with E-state index < -0.39 is 0 Å². The SMILES string of the molecule is CCC(CC)C(Cl)CNCc1ccc(F)cc1C. The Hall–Kier alpha value is -0.600. The average molecular weight is 272 g/mol. The summed E-state index contributed by atoms with van der Waals surface area (Å²) >= 11 is 6.36. The van der Waals surface area contributed by atoms with E-state index in [9.17, 15) is 4.39 Å². The van der Waals surface area contributed by atoms with Crippen molar-refractivity contribution >= 4 is 11.6 Å². The zero-order valence-electron chi connectivity index (χ0n) is 11.5. The number of aryl methyl sites for hydroxylation is 1. The Morgan fingerprint density at radius 1 is 1.28 bits per heavy atom. The van der Waals surface area contributed by atoms with Crippen LogP contribution in [0.3, 0.4) is 0 Å². The molecule has 0 bridgehead atoms. The molecule has 1 unspecified atom stereocenters. The van der Waals surface area contributed by atoms with Gasteiger partial charge in [0.2, 0.25) is 0 Å². The molecule has 0 radical (unpaired) electrons. The summed E-state index contributed by atoms with van der Waals surface area (Å²) < 4.78 is 13.0. The topological polar surface area (TPSA) is 12.0 Å². The van der Waals surface area contributed by atoms with Gasteiger partial charge in [0.05, 0.1) is 0 Å². The second kappa shape index (κ2) is 7.75. The Morgan fingerprint density at radius 2 is 1.94 bits per heavy atom. The molecule has 0 saturated carbocycles.